The van der Waals surface area contributed by atoms with E-state index in [9.17, 15) is 8.42 Å². The van der Waals surface area contributed by atoms with Crippen LogP contribution in [0.1, 0.15) is 34.1 Å². The summed E-state index contributed by atoms with van der Waals surface area (Å²) in [7, 11) is -3.62. The molecule has 0 aliphatic heterocycles. The highest BCUT2D eigenvalue weighted by Gasteiger charge is 2.22. The number of thiazole rings is 1. The van der Waals surface area contributed by atoms with Crippen LogP contribution < -0.4 is 10.5 Å². The van der Waals surface area contributed by atoms with E-state index in [1.54, 1.807) is 19.1 Å². The Balaban J connectivity index is 2.33. The number of hydrogen-bond acceptors (Lipinski definition) is 5. The van der Waals surface area contributed by atoms with Crippen LogP contribution >= 0.6 is 11.3 Å². The topological polar surface area (TPSA) is 85.1 Å². The molecule has 0 saturated heterocycles. The maximum Gasteiger partial charge on any atom is 0.241 e. The largest absolute Gasteiger partial charge is 0.399 e. The summed E-state index contributed by atoms with van der Waals surface area (Å²) in [6, 6.07) is 4.54. The molecule has 0 aliphatic rings. The molecule has 0 aliphatic carbocycles. The summed E-state index contributed by atoms with van der Waals surface area (Å²) in [5.41, 5.74) is 7.65. The molecule has 3 N–H and O–H groups in total. The lowest BCUT2D eigenvalue weighted by Crippen LogP contribution is -2.27. The van der Waals surface area contributed by atoms with Crippen molar-refractivity contribution in [1.29, 1.82) is 0 Å². The van der Waals surface area contributed by atoms with Crippen LogP contribution in [0.3, 0.4) is 0 Å². The monoisotopic (exact) mass is 325 g/mol. The van der Waals surface area contributed by atoms with Gasteiger partial charge < -0.3 is 5.73 Å². The van der Waals surface area contributed by atoms with Crippen molar-refractivity contribution in [3.8, 4) is 0 Å². The molecular formula is C14H19N3O2S2. The van der Waals surface area contributed by atoms with Crippen molar-refractivity contribution < 1.29 is 8.42 Å². The maximum absolute atomic E-state index is 12.5. The quantitative estimate of drug-likeness (QED) is 0.846. The third kappa shape index (κ3) is 3.42. The highest BCUT2D eigenvalue weighted by molar-refractivity contribution is 7.89. The van der Waals surface area contributed by atoms with Crippen LogP contribution in [0.15, 0.2) is 23.1 Å². The maximum atomic E-state index is 12.5. The second kappa shape index (κ2) is 5.75. The minimum absolute atomic E-state index is 0.216. The van der Waals surface area contributed by atoms with E-state index in [4.69, 9.17) is 5.73 Å². The Labute approximate surface area is 129 Å². The zero-order chi connectivity index (χ0) is 15.8. The molecule has 5 nitrogen and oxygen atoms in total. The van der Waals surface area contributed by atoms with Gasteiger partial charge in [-0.05, 0) is 45.4 Å². The molecule has 0 saturated carbocycles. The zero-order valence-corrected chi connectivity index (χ0v) is 14.1. The average molecular weight is 325 g/mol. The third-order valence-corrected chi connectivity index (χ3v) is 6.10. The molecular weight excluding hydrogens is 306 g/mol. The van der Waals surface area contributed by atoms with Gasteiger partial charge in [-0.2, -0.15) is 0 Å². The van der Waals surface area contributed by atoms with Crippen LogP contribution in [0, 0.1) is 20.8 Å². The molecule has 0 radical (unpaired) electrons. The minimum atomic E-state index is -3.62. The van der Waals surface area contributed by atoms with Gasteiger partial charge in [0, 0.05) is 10.6 Å². The van der Waals surface area contributed by atoms with Gasteiger partial charge in [0.1, 0.15) is 0 Å². The number of nitrogen functional groups attached to an aromatic ring is 1. The number of benzene rings is 1. The standard InChI is InChI=1S/C14H19N3O2S2/c1-8-5-6-12(15)7-13(8)21(18,19)17-10(3)14-9(2)16-11(4)20-14/h5-7,10,17H,15H2,1-4H3. The fourth-order valence-electron chi connectivity index (χ4n) is 2.20. The van der Waals surface area contributed by atoms with Crippen molar-refractivity contribution in [1.82, 2.24) is 9.71 Å². The molecule has 2 rings (SSSR count). The van der Waals surface area contributed by atoms with Gasteiger partial charge in [-0.25, -0.2) is 18.1 Å². The number of rotatable bonds is 4. The Morgan fingerprint density at radius 2 is 1.95 bits per heavy atom. The number of aromatic nitrogens is 1. The van der Waals surface area contributed by atoms with Crippen molar-refractivity contribution in [3.63, 3.8) is 0 Å². The van der Waals surface area contributed by atoms with E-state index in [2.05, 4.69) is 9.71 Å². The highest BCUT2D eigenvalue weighted by Crippen LogP contribution is 2.27. The molecule has 114 valence electrons. The predicted molar refractivity (Wildman–Crippen MR) is 85.9 cm³/mol. The van der Waals surface area contributed by atoms with Crippen molar-refractivity contribution in [2.45, 2.75) is 38.6 Å². The first-order valence-electron chi connectivity index (χ1n) is 6.53. The molecule has 1 aromatic carbocycles. The number of hydrogen-bond donors (Lipinski definition) is 2. The molecule has 0 fully saturated rings. The summed E-state index contributed by atoms with van der Waals surface area (Å²) < 4.78 is 27.7. The molecule has 1 aromatic heterocycles. The van der Waals surface area contributed by atoms with Gasteiger partial charge in [-0.1, -0.05) is 6.07 Å². The molecule has 0 spiro atoms. The zero-order valence-electron chi connectivity index (χ0n) is 12.5. The number of nitrogens with two attached hydrogens (primary N) is 1. The Kier molecular flexibility index (Phi) is 4.36. The average Bonchev–Trinajstić information content (AvgIpc) is 2.71. The lowest BCUT2D eigenvalue weighted by atomic mass is 10.2. The van der Waals surface area contributed by atoms with Crippen LogP contribution in [-0.4, -0.2) is 13.4 Å². The summed E-state index contributed by atoms with van der Waals surface area (Å²) in [6.07, 6.45) is 0. The number of sulfonamides is 1. The second-order valence-corrected chi connectivity index (χ2v) is 7.97. The lowest BCUT2D eigenvalue weighted by molar-refractivity contribution is 0.567. The van der Waals surface area contributed by atoms with Gasteiger partial charge in [0.2, 0.25) is 10.0 Å². The van der Waals surface area contributed by atoms with Gasteiger partial charge in [0.25, 0.3) is 0 Å². The van der Waals surface area contributed by atoms with E-state index < -0.39 is 10.0 Å². The van der Waals surface area contributed by atoms with E-state index in [0.29, 0.717) is 11.3 Å². The molecule has 0 bridgehead atoms. The van der Waals surface area contributed by atoms with Gasteiger partial charge in [0.15, 0.2) is 0 Å². The summed E-state index contributed by atoms with van der Waals surface area (Å²) in [5.74, 6) is 0. The summed E-state index contributed by atoms with van der Waals surface area (Å²) >= 11 is 1.50. The van der Waals surface area contributed by atoms with E-state index in [1.807, 2.05) is 20.8 Å². The Morgan fingerprint density at radius 3 is 2.52 bits per heavy atom. The van der Waals surface area contributed by atoms with E-state index in [1.165, 1.54) is 17.4 Å². The number of nitrogens with zero attached hydrogens (tertiary/aromatic N) is 1. The van der Waals surface area contributed by atoms with E-state index in [0.717, 1.165) is 15.6 Å². The molecule has 1 heterocycles. The Hall–Kier alpha value is -1.44. The molecule has 0 amide bonds. The first kappa shape index (κ1) is 15.9. The fourth-order valence-corrected chi connectivity index (χ4v) is 4.70. The first-order valence-corrected chi connectivity index (χ1v) is 8.83. The normalized spacial score (nSPS) is 13.3. The number of nitrogens with one attached hydrogen (secondary N) is 1. The highest BCUT2D eigenvalue weighted by atomic mass is 32.2. The van der Waals surface area contributed by atoms with Crippen molar-refractivity contribution in [3.05, 3.63) is 39.3 Å². The Morgan fingerprint density at radius 1 is 1.29 bits per heavy atom. The SMILES string of the molecule is Cc1nc(C)c(C(C)NS(=O)(=O)c2cc(N)ccc2C)s1. The molecule has 21 heavy (non-hydrogen) atoms. The van der Waals surface area contributed by atoms with E-state index in [-0.39, 0.29) is 10.9 Å². The fraction of sp³-hybridized carbons (Fsp3) is 0.357. The molecule has 2 aromatic rings. The van der Waals surface area contributed by atoms with Crippen LogP contribution in [0.5, 0.6) is 0 Å². The van der Waals surface area contributed by atoms with Gasteiger partial charge in [-0.15, -0.1) is 11.3 Å². The molecule has 7 heteroatoms. The van der Waals surface area contributed by atoms with Crippen molar-refractivity contribution in [2.75, 3.05) is 5.73 Å². The summed E-state index contributed by atoms with van der Waals surface area (Å²) in [4.78, 5) is 5.47. The third-order valence-electron chi connectivity index (χ3n) is 3.17. The van der Waals surface area contributed by atoms with Gasteiger partial charge in [0.05, 0.1) is 21.6 Å². The second-order valence-electron chi connectivity index (χ2n) is 5.05. The molecule has 1 atom stereocenters. The number of anilines is 1. The first-order chi connectivity index (χ1) is 9.70. The van der Waals surface area contributed by atoms with Crippen LogP contribution in [-0.2, 0) is 10.0 Å². The van der Waals surface area contributed by atoms with Crippen LogP contribution in [0.2, 0.25) is 0 Å². The smallest absolute Gasteiger partial charge is 0.241 e. The van der Waals surface area contributed by atoms with Gasteiger partial charge in [-0.3, -0.25) is 0 Å². The summed E-state index contributed by atoms with van der Waals surface area (Å²) in [5, 5.41) is 0.925. The lowest BCUT2D eigenvalue weighted by Gasteiger charge is -2.15. The summed E-state index contributed by atoms with van der Waals surface area (Å²) in [6.45, 7) is 7.36. The molecule has 1 unspecified atom stereocenters. The minimum Gasteiger partial charge on any atom is -0.399 e. The van der Waals surface area contributed by atoms with Crippen molar-refractivity contribution >= 4 is 27.0 Å². The van der Waals surface area contributed by atoms with Crippen molar-refractivity contribution in [2.24, 2.45) is 0 Å². The van der Waals surface area contributed by atoms with E-state index >= 15 is 0 Å². The van der Waals surface area contributed by atoms with Crippen LogP contribution in [0.25, 0.3) is 0 Å². The Bertz CT molecular complexity index is 767. The number of aryl methyl sites for hydroxylation is 3. The van der Waals surface area contributed by atoms with Gasteiger partial charge >= 0.3 is 0 Å². The predicted octanol–water partition coefficient (Wildman–Crippen LogP) is 2.69. The van der Waals surface area contributed by atoms with Crippen LogP contribution in [0.4, 0.5) is 5.69 Å².